The SMILES string of the molecule is O=C(c1ccccc1F)N1CCN(c2ccc(-c3ccc(F)cc3)nn2)CC1. The van der Waals surface area contributed by atoms with Gasteiger partial charge in [-0.2, -0.15) is 0 Å². The number of halogens is 2. The number of carbonyl (C=O) groups is 1. The third-order valence-electron chi connectivity index (χ3n) is 4.79. The first-order chi connectivity index (χ1) is 13.6. The summed E-state index contributed by atoms with van der Waals surface area (Å²) in [4.78, 5) is 16.2. The number of anilines is 1. The second-order valence-corrected chi connectivity index (χ2v) is 6.54. The number of benzene rings is 2. The maximum atomic E-state index is 13.8. The number of amides is 1. The molecule has 1 saturated heterocycles. The minimum atomic E-state index is -0.503. The second kappa shape index (κ2) is 7.72. The molecule has 1 aliphatic rings. The lowest BCUT2D eigenvalue weighted by Crippen LogP contribution is -2.49. The average Bonchev–Trinajstić information content (AvgIpc) is 2.74. The van der Waals surface area contributed by atoms with Crippen molar-refractivity contribution in [2.24, 2.45) is 0 Å². The number of hydrogen-bond acceptors (Lipinski definition) is 4. The Morgan fingerprint density at radius 1 is 0.821 bits per heavy atom. The van der Waals surface area contributed by atoms with E-state index in [9.17, 15) is 13.6 Å². The Hall–Kier alpha value is -3.35. The highest BCUT2D eigenvalue weighted by atomic mass is 19.1. The third-order valence-corrected chi connectivity index (χ3v) is 4.79. The molecule has 2 aromatic carbocycles. The van der Waals surface area contributed by atoms with E-state index in [0.29, 0.717) is 37.7 Å². The van der Waals surface area contributed by atoms with E-state index in [1.807, 2.05) is 17.0 Å². The molecule has 1 aromatic heterocycles. The monoisotopic (exact) mass is 380 g/mol. The Kier molecular flexibility index (Phi) is 4.97. The van der Waals surface area contributed by atoms with Gasteiger partial charge in [-0.05, 0) is 48.5 Å². The molecule has 0 atom stereocenters. The van der Waals surface area contributed by atoms with Crippen LogP contribution < -0.4 is 4.90 Å². The van der Waals surface area contributed by atoms with Crippen LogP contribution in [-0.2, 0) is 0 Å². The van der Waals surface area contributed by atoms with Gasteiger partial charge >= 0.3 is 0 Å². The Morgan fingerprint density at radius 2 is 1.54 bits per heavy atom. The van der Waals surface area contributed by atoms with Gasteiger partial charge in [0.05, 0.1) is 11.3 Å². The van der Waals surface area contributed by atoms with Crippen molar-refractivity contribution in [1.82, 2.24) is 15.1 Å². The van der Waals surface area contributed by atoms with Crippen molar-refractivity contribution in [3.63, 3.8) is 0 Å². The molecule has 1 amide bonds. The molecular weight excluding hydrogens is 362 g/mol. The molecule has 0 saturated carbocycles. The number of nitrogens with zero attached hydrogens (tertiary/aromatic N) is 4. The van der Waals surface area contributed by atoms with Gasteiger partial charge in [0.2, 0.25) is 0 Å². The minimum absolute atomic E-state index is 0.0967. The van der Waals surface area contributed by atoms with Crippen LogP contribution in [0.5, 0.6) is 0 Å². The highest BCUT2D eigenvalue weighted by Crippen LogP contribution is 2.20. The first kappa shape index (κ1) is 18.0. The largest absolute Gasteiger partial charge is 0.352 e. The molecule has 5 nitrogen and oxygen atoms in total. The molecule has 1 fully saturated rings. The normalized spacial score (nSPS) is 14.2. The van der Waals surface area contributed by atoms with E-state index in [0.717, 1.165) is 5.56 Å². The van der Waals surface area contributed by atoms with Gasteiger partial charge in [0.25, 0.3) is 5.91 Å². The van der Waals surface area contributed by atoms with Crippen molar-refractivity contribution in [3.8, 4) is 11.3 Å². The summed E-state index contributed by atoms with van der Waals surface area (Å²) in [5.41, 5.74) is 1.55. The Morgan fingerprint density at radius 3 is 2.18 bits per heavy atom. The Bertz CT molecular complexity index is 968. The molecule has 0 spiro atoms. The Balaban J connectivity index is 1.40. The second-order valence-electron chi connectivity index (χ2n) is 6.54. The minimum Gasteiger partial charge on any atom is -0.352 e. The summed E-state index contributed by atoms with van der Waals surface area (Å²) in [6.07, 6.45) is 0. The number of hydrogen-bond donors (Lipinski definition) is 0. The molecule has 0 radical (unpaired) electrons. The lowest BCUT2D eigenvalue weighted by molar-refractivity contribution is 0.0742. The zero-order chi connectivity index (χ0) is 19.5. The van der Waals surface area contributed by atoms with E-state index in [1.54, 1.807) is 29.2 Å². The molecule has 28 heavy (non-hydrogen) atoms. The summed E-state index contributed by atoms with van der Waals surface area (Å²) >= 11 is 0. The summed E-state index contributed by atoms with van der Waals surface area (Å²) in [5, 5.41) is 8.48. The van der Waals surface area contributed by atoms with E-state index in [2.05, 4.69) is 10.2 Å². The maximum absolute atomic E-state index is 13.8. The molecule has 4 rings (SSSR count). The van der Waals surface area contributed by atoms with Gasteiger partial charge in [-0.15, -0.1) is 10.2 Å². The van der Waals surface area contributed by atoms with Crippen molar-refractivity contribution < 1.29 is 13.6 Å². The molecule has 0 N–H and O–H groups in total. The fraction of sp³-hybridized carbons (Fsp3) is 0.190. The fourth-order valence-corrected chi connectivity index (χ4v) is 3.21. The van der Waals surface area contributed by atoms with Gasteiger partial charge in [0.15, 0.2) is 5.82 Å². The van der Waals surface area contributed by atoms with Crippen LogP contribution in [0.4, 0.5) is 14.6 Å². The van der Waals surface area contributed by atoms with Crippen molar-refractivity contribution in [3.05, 3.63) is 77.9 Å². The van der Waals surface area contributed by atoms with Crippen LogP contribution >= 0.6 is 0 Å². The predicted molar refractivity (Wildman–Crippen MR) is 102 cm³/mol. The quantitative estimate of drug-likeness (QED) is 0.699. The lowest BCUT2D eigenvalue weighted by atomic mass is 10.1. The fourth-order valence-electron chi connectivity index (χ4n) is 3.21. The van der Waals surface area contributed by atoms with Crippen LogP contribution in [0, 0.1) is 11.6 Å². The zero-order valence-corrected chi connectivity index (χ0v) is 15.1. The summed E-state index contributed by atoms with van der Waals surface area (Å²) < 4.78 is 26.9. The molecule has 0 aliphatic carbocycles. The van der Waals surface area contributed by atoms with E-state index in [4.69, 9.17) is 0 Å². The molecule has 142 valence electrons. The topological polar surface area (TPSA) is 49.3 Å². The van der Waals surface area contributed by atoms with Crippen molar-refractivity contribution in [1.29, 1.82) is 0 Å². The van der Waals surface area contributed by atoms with Crippen LogP contribution in [0.25, 0.3) is 11.3 Å². The first-order valence-corrected chi connectivity index (χ1v) is 9.00. The molecule has 3 aromatic rings. The van der Waals surface area contributed by atoms with Crippen molar-refractivity contribution in [2.75, 3.05) is 31.1 Å². The van der Waals surface area contributed by atoms with Gasteiger partial charge in [0.1, 0.15) is 11.6 Å². The Labute approximate surface area is 161 Å². The van der Waals surface area contributed by atoms with Gasteiger partial charge in [-0.3, -0.25) is 4.79 Å². The number of piperazine rings is 1. The van der Waals surface area contributed by atoms with E-state index >= 15 is 0 Å². The summed E-state index contributed by atoms with van der Waals surface area (Å²) in [6.45, 7) is 2.14. The maximum Gasteiger partial charge on any atom is 0.256 e. The predicted octanol–water partition coefficient (Wildman–Crippen LogP) is 3.38. The molecule has 2 heterocycles. The zero-order valence-electron chi connectivity index (χ0n) is 15.1. The lowest BCUT2D eigenvalue weighted by Gasteiger charge is -2.35. The van der Waals surface area contributed by atoms with Gasteiger partial charge in [-0.1, -0.05) is 12.1 Å². The van der Waals surface area contributed by atoms with Crippen LogP contribution in [0.15, 0.2) is 60.7 Å². The van der Waals surface area contributed by atoms with E-state index in [1.165, 1.54) is 24.3 Å². The molecule has 0 unspecified atom stereocenters. The van der Waals surface area contributed by atoms with Crippen LogP contribution in [-0.4, -0.2) is 47.2 Å². The number of rotatable bonds is 3. The summed E-state index contributed by atoms with van der Waals surface area (Å²) in [6, 6.07) is 15.8. The van der Waals surface area contributed by atoms with Gasteiger partial charge in [0, 0.05) is 31.7 Å². The van der Waals surface area contributed by atoms with E-state index < -0.39 is 5.82 Å². The van der Waals surface area contributed by atoms with Crippen molar-refractivity contribution in [2.45, 2.75) is 0 Å². The van der Waals surface area contributed by atoms with Gasteiger partial charge < -0.3 is 9.80 Å². The van der Waals surface area contributed by atoms with Crippen LogP contribution in [0.1, 0.15) is 10.4 Å². The molecule has 1 aliphatic heterocycles. The molecule has 0 bridgehead atoms. The van der Waals surface area contributed by atoms with Gasteiger partial charge in [-0.25, -0.2) is 8.78 Å². The number of carbonyl (C=O) groups excluding carboxylic acids is 1. The van der Waals surface area contributed by atoms with Crippen LogP contribution in [0.3, 0.4) is 0 Å². The first-order valence-electron chi connectivity index (χ1n) is 9.00. The smallest absolute Gasteiger partial charge is 0.256 e. The number of aromatic nitrogens is 2. The standard InChI is InChI=1S/C21H18F2N4O/c22-16-7-5-15(6-8-16)19-9-10-20(25-24-19)26-11-13-27(14-12-26)21(28)17-3-1-2-4-18(17)23/h1-10H,11-14H2. The third kappa shape index (κ3) is 3.69. The van der Waals surface area contributed by atoms with E-state index in [-0.39, 0.29) is 17.3 Å². The highest BCUT2D eigenvalue weighted by molar-refractivity contribution is 5.94. The average molecular weight is 380 g/mol. The van der Waals surface area contributed by atoms with Crippen molar-refractivity contribution >= 4 is 11.7 Å². The summed E-state index contributed by atoms with van der Waals surface area (Å²) in [5.74, 6) is -0.382. The highest BCUT2D eigenvalue weighted by Gasteiger charge is 2.24. The molecular formula is C21H18F2N4O. The van der Waals surface area contributed by atoms with Crippen LogP contribution in [0.2, 0.25) is 0 Å². The molecule has 7 heteroatoms. The summed E-state index contributed by atoms with van der Waals surface area (Å²) in [7, 11) is 0.